The maximum atomic E-state index is 11.7. The van der Waals surface area contributed by atoms with Gasteiger partial charge in [-0.05, 0) is 32.5 Å². The van der Waals surface area contributed by atoms with Gasteiger partial charge in [-0.15, -0.1) is 0 Å². The maximum absolute atomic E-state index is 11.7. The first-order valence-electron chi connectivity index (χ1n) is 7.57. The number of ether oxygens (including phenoxy) is 1. The van der Waals surface area contributed by atoms with Gasteiger partial charge < -0.3 is 20.3 Å². The molecule has 1 heterocycles. The van der Waals surface area contributed by atoms with Crippen LogP contribution in [0.4, 0.5) is 5.69 Å². The van der Waals surface area contributed by atoms with Gasteiger partial charge in [-0.3, -0.25) is 9.59 Å². The van der Waals surface area contributed by atoms with E-state index in [1.54, 1.807) is 17.0 Å². The number of amides is 2. The number of nitrogens with one attached hydrogen (secondary N) is 2. The lowest BCUT2D eigenvalue weighted by atomic mass is 10.3. The highest BCUT2D eigenvalue weighted by molar-refractivity contribution is 5.95. The number of hydrogen-bond donors (Lipinski definition) is 2. The standard InChI is InChI=1S/C16H23N3O3/c1-12(17-2)10-18-15(20)11-22-14-6-3-5-13(9-14)19-8-4-7-16(19)21/h3,5-6,9,12,17H,4,7-8,10-11H2,1-2H3,(H,18,20). The second-order valence-corrected chi connectivity index (χ2v) is 5.43. The van der Waals surface area contributed by atoms with Gasteiger partial charge in [0, 0.05) is 37.3 Å². The average Bonchev–Trinajstić information content (AvgIpc) is 2.97. The van der Waals surface area contributed by atoms with Gasteiger partial charge in [-0.25, -0.2) is 0 Å². The van der Waals surface area contributed by atoms with Crippen molar-refractivity contribution in [3.8, 4) is 5.75 Å². The summed E-state index contributed by atoms with van der Waals surface area (Å²) in [7, 11) is 1.85. The Balaban J connectivity index is 1.85. The normalized spacial score (nSPS) is 15.7. The SMILES string of the molecule is CNC(C)CNC(=O)COc1cccc(N2CCCC2=O)c1. The van der Waals surface area contributed by atoms with Crippen LogP contribution >= 0.6 is 0 Å². The summed E-state index contributed by atoms with van der Waals surface area (Å²) in [5.41, 5.74) is 0.823. The molecule has 1 aliphatic heterocycles. The van der Waals surface area contributed by atoms with Crippen molar-refractivity contribution < 1.29 is 14.3 Å². The first-order valence-corrected chi connectivity index (χ1v) is 7.57. The predicted octanol–water partition coefficient (Wildman–Crippen LogP) is 0.916. The molecule has 2 N–H and O–H groups in total. The van der Waals surface area contributed by atoms with Crippen molar-refractivity contribution in [2.45, 2.75) is 25.8 Å². The predicted molar refractivity (Wildman–Crippen MR) is 85.1 cm³/mol. The molecule has 22 heavy (non-hydrogen) atoms. The smallest absolute Gasteiger partial charge is 0.257 e. The number of hydrogen-bond acceptors (Lipinski definition) is 4. The lowest BCUT2D eigenvalue weighted by Crippen LogP contribution is -2.39. The Morgan fingerprint density at radius 1 is 1.45 bits per heavy atom. The molecule has 1 aliphatic rings. The topological polar surface area (TPSA) is 70.7 Å². The molecule has 6 nitrogen and oxygen atoms in total. The minimum atomic E-state index is -0.162. The van der Waals surface area contributed by atoms with Crippen molar-refractivity contribution >= 4 is 17.5 Å². The van der Waals surface area contributed by atoms with E-state index in [2.05, 4.69) is 10.6 Å². The zero-order valence-electron chi connectivity index (χ0n) is 13.1. The van der Waals surface area contributed by atoms with Crippen molar-refractivity contribution in [3.63, 3.8) is 0 Å². The molecule has 1 aromatic carbocycles. The fourth-order valence-corrected chi connectivity index (χ4v) is 2.23. The van der Waals surface area contributed by atoms with E-state index in [4.69, 9.17) is 4.74 Å². The summed E-state index contributed by atoms with van der Waals surface area (Å²) in [6.07, 6.45) is 1.48. The Morgan fingerprint density at radius 2 is 2.27 bits per heavy atom. The van der Waals surface area contributed by atoms with Gasteiger partial charge in [0.2, 0.25) is 5.91 Å². The molecule has 0 bridgehead atoms. The monoisotopic (exact) mass is 305 g/mol. The van der Waals surface area contributed by atoms with Crippen LogP contribution in [0, 0.1) is 0 Å². The van der Waals surface area contributed by atoms with Gasteiger partial charge in [-0.1, -0.05) is 6.07 Å². The lowest BCUT2D eigenvalue weighted by Gasteiger charge is -2.17. The van der Waals surface area contributed by atoms with Gasteiger partial charge in [0.05, 0.1) is 0 Å². The Morgan fingerprint density at radius 3 is 2.95 bits per heavy atom. The van der Waals surface area contributed by atoms with Crippen LogP contribution in [0.2, 0.25) is 0 Å². The zero-order valence-corrected chi connectivity index (χ0v) is 13.1. The van der Waals surface area contributed by atoms with Crippen LogP contribution in [0.15, 0.2) is 24.3 Å². The van der Waals surface area contributed by atoms with Crippen LogP contribution in [0.3, 0.4) is 0 Å². The summed E-state index contributed by atoms with van der Waals surface area (Å²) in [4.78, 5) is 25.2. The van der Waals surface area contributed by atoms with Crippen LogP contribution in [-0.4, -0.2) is 44.6 Å². The minimum Gasteiger partial charge on any atom is -0.484 e. The molecule has 6 heteroatoms. The van der Waals surface area contributed by atoms with Crippen molar-refractivity contribution in [1.82, 2.24) is 10.6 Å². The van der Waals surface area contributed by atoms with Crippen LogP contribution in [0.25, 0.3) is 0 Å². The third-order valence-electron chi connectivity index (χ3n) is 3.67. The molecular formula is C16H23N3O3. The minimum absolute atomic E-state index is 0.0339. The molecule has 0 aliphatic carbocycles. The van der Waals surface area contributed by atoms with E-state index in [0.717, 1.165) is 18.7 Å². The summed E-state index contributed by atoms with van der Waals surface area (Å²) in [5, 5.41) is 5.83. The molecule has 0 radical (unpaired) electrons. The van der Waals surface area contributed by atoms with E-state index in [9.17, 15) is 9.59 Å². The molecule has 1 atom stereocenters. The van der Waals surface area contributed by atoms with Crippen LogP contribution in [-0.2, 0) is 9.59 Å². The summed E-state index contributed by atoms with van der Waals surface area (Å²) in [5.74, 6) is 0.565. The summed E-state index contributed by atoms with van der Waals surface area (Å²) < 4.78 is 5.50. The molecule has 0 aromatic heterocycles. The zero-order chi connectivity index (χ0) is 15.9. The number of carbonyl (C=O) groups excluding carboxylic acids is 2. The van der Waals surface area contributed by atoms with Crippen molar-refractivity contribution in [1.29, 1.82) is 0 Å². The highest BCUT2D eigenvalue weighted by Gasteiger charge is 2.21. The summed E-state index contributed by atoms with van der Waals surface area (Å²) >= 11 is 0. The second kappa shape index (κ2) is 7.79. The number of nitrogens with zero attached hydrogens (tertiary/aromatic N) is 1. The van der Waals surface area contributed by atoms with Crippen molar-refractivity contribution in [3.05, 3.63) is 24.3 Å². The van der Waals surface area contributed by atoms with Gasteiger partial charge in [0.15, 0.2) is 6.61 Å². The number of anilines is 1. The molecule has 1 unspecified atom stereocenters. The summed E-state index contributed by atoms with van der Waals surface area (Å²) in [6, 6.07) is 7.51. The first-order chi connectivity index (χ1) is 10.6. The van der Waals surface area contributed by atoms with Crippen LogP contribution < -0.4 is 20.3 Å². The Kier molecular flexibility index (Phi) is 5.77. The average molecular weight is 305 g/mol. The van der Waals surface area contributed by atoms with Crippen molar-refractivity contribution in [2.75, 3.05) is 31.6 Å². The van der Waals surface area contributed by atoms with Gasteiger partial charge in [-0.2, -0.15) is 0 Å². The second-order valence-electron chi connectivity index (χ2n) is 5.43. The fraction of sp³-hybridized carbons (Fsp3) is 0.500. The number of carbonyl (C=O) groups is 2. The largest absolute Gasteiger partial charge is 0.484 e. The van der Waals surface area contributed by atoms with Crippen LogP contribution in [0.1, 0.15) is 19.8 Å². The van der Waals surface area contributed by atoms with Gasteiger partial charge in [0.1, 0.15) is 5.75 Å². The van der Waals surface area contributed by atoms with E-state index in [0.29, 0.717) is 18.7 Å². The van der Waals surface area contributed by atoms with Gasteiger partial charge in [0.25, 0.3) is 5.91 Å². The van der Waals surface area contributed by atoms with E-state index in [1.807, 2.05) is 26.1 Å². The molecule has 1 aromatic rings. The van der Waals surface area contributed by atoms with Crippen molar-refractivity contribution in [2.24, 2.45) is 0 Å². The third-order valence-corrected chi connectivity index (χ3v) is 3.67. The summed E-state index contributed by atoms with van der Waals surface area (Å²) in [6.45, 7) is 3.25. The van der Waals surface area contributed by atoms with Crippen LogP contribution in [0.5, 0.6) is 5.75 Å². The highest BCUT2D eigenvalue weighted by atomic mass is 16.5. The fourth-order valence-electron chi connectivity index (χ4n) is 2.23. The molecule has 1 saturated heterocycles. The first kappa shape index (κ1) is 16.3. The number of benzene rings is 1. The molecule has 0 saturated carbocycles. The molecule has 2 amide bonds. The number of likely N-dealkylation sites (N-methyl/N-ethyl adjacent to an activating group) is 1. The highest BCUT2D eigenvalue weighted by Crippen LogP contribution is 2.25. The quantitative estimate of drug-likeness (QED) is 0.786. The Bertz CT molecular complexity index is 533. The molecular weight excluding hydrogens is 282 g/mol. The molecule has 1 fully saturated rings. The number of rotatable bonds is 7. The lowest BCUT2D eigenvalue weighted by molar-refractivity contribution is -0.123. The molecule has 0 spiro atoms. The molecule has 120 valence electrons. The van der Waals surface area contributed by atoms with E-state index >= 15 is 0 Å². The van der Waals surface area contributed by atoms with E-state index in [-0.39, 0.29) is 24.5 Å². The maximum Gasteiger partial charge on any atom is 0.257 e. The Hall–Kier alpha value is -2.08. The van der Waals surface area contributed by atoms with E-state index in [1.165, 1.54) is 0 Å². The van der Waals surface area contributed by atoms with Gasteiger partial charge >= 0.3 is 0 Å². The van der Waals surface area contributed by atoms with E-state index < -0.39 is 0 Å². The molecule has 2 rings (SSSR count). The third kappa shape index (κ3) is 4.46. The Labute approximate surface area is 130 Å².